The summed E-state index contributed by atoms with van der Waals surface area (Å²) in [4.78, 5) is 2.42. The second kappa shape index (κ2) is 8.37. The van der Waals surface area contributed by atoms with E-state index in [1.165, 1.54) is 38.6 Å². The minimum absolute atomic E-state index is 0.485. The summed E-state index contributed by atoms with van der Waals surface area (Å²) in [5.74, 6) is 1.81. The van der Waals surface area contributed by atoms with E-state index in [-0.39, 0.29) is 0 Å². The zero-order chi connectivity index (χ0) is 11.8. The molecule has 0 aliphatic carbocycles. The number of nitrogens with zero attached hydrogens (tertiary/aromatic N) is 1. The molecule has 0 aromatic rings. The largest absolute Gasteiger partial charge is 0.377 e. The van der Waals surface area contributed by atoms with Gasteiger partial charge in [-0.1, -0.05) is 6.92 Å². The molecule has 3 heteroatoms. The van der Waals surface area contributed by atoms with Gasteiger partial charge in [-0.3, -0.25) is 0 Å². The standard InChI is InChI=1S/C13H27NOS/c1-12(7-10-16)6-8-14(2)11-13-5-3-4-9-15-13/h12-13,16H,3-11H2,1-2H3. The number of hydrogen-bond acceptors (Lipinski definition) is 3. The Morgan fingerprint density at radius 1 is 1.38 bits per heavy atom. The fourth-order valence-electron chi connectivity index (χ4n) is 2.20. The molecule has 0 radical (unpaired) electrons. The molecule has 2 atom stereocenters. The lowest BCUT2D eigenvalue weighted by molar-refractivity contribution is -0.00200. The molecule has 1 saturated heterocycles. The zero-order valence-corrected chi connectivity index (χ0v) is 11.7. The van der Waals surface area contributed by atoms with E-state index >= 15 is 0 Å². The SMILES string of the molecule is CC(CCS)CCN(C)CC1CCCCO1. The molecule has 1 rings (SSSR count). The highest BCUT2D eigenvalue weighted by molar-refractivity contribution is 7.80. The van der Waals surface area contributed by atoms with E-state index < -0.39 is 0 Å². The van der Waals surface area contributed by atoms with Gasteiger partial charge in [0.25, 0.3) is 0 Å². The van der Waals surface area contributed by atoms with Crippen LogP contribution in [0.2, 0.25) is 0 Å². The molecule has 0 spiro atoms. The Morgan fingerprint density at radius 2 is 2.19 bits per heavy atom. The van der Waals surface area contributed by atoms with Gasteiger partial charge in [0.05, 0.1) is 6.10 Å². The highest BCUT2D eigenvalue weighted by Crippen LogP contribution is 2.14. The molecule has 1 aliphatic rings. The molecule has 2 unspecified atom stereocenters. The van der Waals surface area contributed by atoms with Gasteiger partial charge in [0.15, 0.2) is 0 Å². The third kappa shape index (κ3) is 6.12. The van der Waals surface area contributed by atoms with Crippen molar-refractivity contribution in [1.82, 2.24) is 4.90 Å². The number of hydrogen-bond donors (Lipinski definition) is 1. The first-order chi connectivity index (χ1) is 7.72. The minimum Gasteiger partial charge on any atom is -0.377 e. The van der Waals surface area contributed by atoms with E-state index in [0.29, 0.717) is 6.10 Å². The Kier molecular flexibility index (Phi) is 7.50. The summed E-state index contributed by atoms with van der Waals surface area (Å²) in [6.07, 6.45) is 6.84. The first-order valence-corrected chi connectivity index (χ1v) is 7.26. The van der Waals surface area contributed by atoms with Crippen LogP contribution >= 0.6 is 12.6 Å². The lowest BCUT2D eigenvalue weighted by Gasteiger charge is -2.28. The van der Waals surface area contributed by atoms with E-state index in [9.17, 15) is 0 Å². The average molecular weight is 245 g/mol. The maximum Gasteiger partial charge on any atom is 0.0701 e. The first kappa shape index (κ1) is 14.3. The van der Waals surface area contributed by atoms with Crippen LogP contribution in [0.1, 0.15) is 39.0 Å². The predicted molar refractivity (Wildman–Crippen MR) is 73.3 cm³/mol. The summed E-state index contributed by atoms with van der Waals surface area (Å²) in [7, 11) is 2.21. The van der Waals surface area contributed by atoms with Crippen molar-refractivity contribution in [1.29, 1.82) is 0 Å². The van der Waals surface area contributed by atoms with Gasteiger partial charge in [-0.05, 0) is 57.4 Å². The third-order valence-electron chi connectivity index (χ3n) is 3.41. The summed E-state index contributed by atoms with van der Waals surface area (Å²) >= 11 is 4.28. The van der Waals surface area contributed by atoms with Crippen LogP contribution in [0.3, 0.4) is 0 Å². The van der Waals surface area contributed by atoms with Gasteiger partial charge in [0.2, 0.25) is 0 Å². The maximum atomic E-state index is 5.75. The molecular weight excluding hydrogens is 218 g/mol. The molecule has 0 N–H and O–H groups in total. The van der Waals surface area contributed by atoms with Crippen molar-refractivity contribution in [3.05, 3.63) is 0 Å². The molecule has 1 fully saturated rings. The van der Waals surface area contributed by atoms with Gasteiger partial charge in [0, 0.05) is 13.2 Å². The second-order valence-electron chi connectivity index (χ2n) is 5.16. The molecule has 0 amide bonds. The lowest BCUT2D eigenvalue weighted by Crippen LogP contribution is -2.34. The number of ether oxygens (including phenoxy) is 1. The molecule has 0 aromatic carbocycles. The monoisotopic (exact) mass is 245 g/mol. The van der Waals surface area contributed by atoms with Crippen molar-refractivity contribution in [3.8, 4) is 0 Å². The molecule has 0 bridgehead atoms. The smallest absolute Gasteiger partial charge is 0.0701 e. The number of likely N-dealkylation sites (N-methyl/N-ethyl adjacent to an activating group) is 1. The van der Waals surface area contributed by atoms with Crippen molar-refractivity contribution in [3.63, 3.8) is 0 Å². The fourth-order valence-corrected chi connectivity index (χ4v) is 2.64. The van der Waals surface area contributed by atoms with Crippen molar-refractivity contribution >= 4 is 12.6 Å². The summed E-state index contributed by atoms with van der Waals surface area (Å²) in [6, 6.07) is 0. The second-order valence-corrected chi connectivity index (χ2v) is 5.60. The van der Waals surface area contributed by atoms with E-state index in [4.69, 9.17) is 4.74 Å². The molecule has 1 aliphatic heterocycles. The van der Waals surface area contributed by atoms with E-state index in [0.717, 1.165) is 24.8 Å². The Labute approximate surface area is 106 Å². The van der Waals surface area contributed by atoms with Crippen molar-refractivity contribution < 1.29 is 4.74 Å². The van der Waals surface area contributed by atoms with Crippen LogP contribution in [0.15, 0.2) is 0 Å². The van der Waals surface area contributed by atoms with Crippen LogP contribution in [-0.4, -0.2) is 43.5 Å². The normalized spacial score (nSPS) is 23.6. The van der Waals surface area contributed by atoms with Gasteiger partial charge < -0.3 is 9.64 Å². The van der Waals surface area contributed by atoms with Crippen molar-refractivity contribution in [2.45, 2.75) is 45.1 Å². The Morgan fingerprint density at radius 3 is 2.81 bits per heavy atom. The summed E-state index contributed by atoms with van der Waals surface area (Å²) < 4.78 is 5.75. The lowest BCUT2D eigenvalue weighted by atomic mass is 10.0. The maximum absolute atomic E-state index is 5.75. The molecule has 0 saturated carbocycles. The van der Waals surface area contributed by atoms with Crippen molar-refractivity contribution in [2.75, 3.05) is 32.5 Å². The Bertz CT molecular complexity index is 171. The zero-order valence-electron chi connectivity index (χ0n) is 10.8. The Hall–Kier alpha value is 0.270. The number of thiol groups is 1. The van der Waals surface area contributed by atoms with Crippen LogP contribution in [0.25, 0.3) is 0 Å². The fraction of sp³-hybridized carbons (Fsp3) is 1.00. The van der Waals surface area contributed by atoms with Gasteiger partial charge in [0.1, 0.15) is 0 Å². The highest BCUT2D eigenvalue weighted by Gasteiger charge is 2.15. The summed E-state index contributed by atoms with van der Waals surface area (Å²) in [5.41, 5.74) is 0. The topological polar surface area (TPSA) is 12.5 Å². The molecule has 1 heterocycles. The summed E-state index contributed by atoms with van der Waals surface area (Å²) in [5, 5.41) is 0. The van der Waals surface area contributed by atoms with Crippen LogP contribution in [0.4, 0.5) is 0 Å². The van der Waals surface area contributed by atoms with E-state index in [2.05, 4.69) is 31.5 Å². The highest BCUT2D eigenvalue weighted by atomic mass is 32.1. The quantitative estimate of drug-likeness (QED) is 0.693. The minimum atomic E-state index is 0.485. The van der Waals surface area contributed by atoms with Gasteiger partial charge in [-0.15, -0.1) is 0 Å². The van der Waals surface area contributed by atoms with Crippen molar-refractivity contribution in [2.24, 2.45) is 5.92 Å². The molecule has 16 heavy (non-hydrogen) atoms. The molecule has 2 nitrogen and oxygen atoms in total. The first-order valence-electron chi connectivity index (χ1n) is 6.63. The molecule has 96 valence electrons. The average Bonchev–Trinajstić information content (AvgIpc) is 2.28. The Balaban J connectivity index is 2.07. The summed E-state index contributed by atoms with van der Waals surface area (Å²) in [6.45, 7) is 5.58. The predicted octanol–water partition coefficient (Wildman–Crippen LogP) is 2.83. The van der Waals surface area contributed by atoms with Gasteiger partial charge >= 0.3 is 0 Å². The molecular formula is C13H27NOS. The third-order valence-corrected chi connectivity index (χ3v) is 3.67. The van der Waals surface area contributed by atoms with Gasteiger partial charge in [-0.2, -0.15) is 12.6 Å². The van der Waals surface area contributed by atoms with Gasteiger partial charge in [-0.25, -0.2) is 0 Å². The molecule has 0 aromatic heterocycles. The van der Waals surface area contributed by atoms with Crippen LogP contribution in [-0.2, 0) is 4.74 Å². The van der Waals surface area contributed by atoms with Crippen LogP contribution in [0.5, 0.6) is 0 Å². The van der Waals surface area contributed by atoms with E-state index in [1.54, 1.807) is 0 Å². The van der Waals surface area contributed by atoms with E-state index in [1.807, 2.05) is 0 Å². The van der Waals surface area contributed by atoms with Crippen LogP contribution in [0, 0.1) is 5.92 Å². The number of rotatable bonds is 7. The van der Waals surface area contributed by atoms with Crippen LogP contribution < -0.4 is 0 Å².